The molecule has 21 heavy (non-hydrogen) atoms. The normalized spacial score (nSPS) is 10.4. The molecule has 6 nitrogen and oxygen atoms in total. The van der Waals surface area contributed by atoms with Gasteiger partial charge in [0.25, 0.3) is 0 Å². The van der Waals surface area contributed by atoms with Crippen molar-refractivity contribution in [1.29, 1.82) is 0 Å². The fourth-order valence-electron chi connectivity index (χ4n) is 1.64. The van der Waals surface area contributed by atoms with E-state index in [-0.39, 0.29) is 17.4 Å². The van der Waals surface area contributed by atoms with Gasteiger partial charge in [-0.15, -0.1) is 5.10 Å². The third-order valence-corrected chi connectivity index (χ3v) is 3.58. The van der Waals surface area contributed by atoms with Gasteiger partial charge in [-0.3, -0.25) is 14.7 Å². The number of nitrogens with one attached hydrogen (secondary N) is 2. The zero-order valence-electron chi connectivity index (χ0n) is 11.8. The molecule has 0 unspecified atom stereocenters. The van der Waals surface area contributed by atoms with Gasteiger partial charge in [0, 0.05) is 17.7 Å². The highest BCUT2D eigenvalue weighted by molar-refractivity contribution is 7.99. The molecule has 1 aromatic heterocycles. The first-order valence-corrected chi connectivity index (χ1v) is 7.52. The van der Waals surface area contributed by atoms with Crippen LogP contribution in [0, 0.1) is 0 Å². The van der Waals surface area contributed by atoms with Crippen LogP contribution in [0.5, 0.6) is 0 Å². The first-order chi connectivity index (χ1) is 10.1. The van der Waals surface area contributed by atoms with Crippen LogP contribution in [0.25, 0.3) is 0 Å². The summed E-state index contributed by atoms with van der Waals surface area (Å²) < 4.78 is 0. The van der Waals surface area contributed by atoms with E-state index in [0.29, 0.717) is 16.4 Å². The average molecular weight is 304 g/mol. The third kappa shape index (κ3) is 4.42. The van der Waals surface area contributed by atoms with Crippen LogP contribution in [-0.2, 0) is 11.2 Å². The summed E-state index contributed by atoms with van der Waals surface area (Å²) in [7, 11) is 0. The lowest BCUT2D eigenvalue weighted by molar-refractivity contribution is -0.113. The number of ketones is 1. The molecule has 0 fully saturated rings. The standard InChI is InChI=1S/C14H16N4O2S/c1-3-12-16-14(18-17-12)21-8-13(20)15-11-6-4-5-10(7-11)9(2)19/h4-7H,3,8H2,1-2H3,(H,15,20)(H,16,17,18). The number of carbonyl (C=O) groups is 2. The van der Waals surface area contributed by atoms with E-state index in [9.17, 15) is 9.59 Å². The average Bonchev–Trinajstić information content (AvgIpc) is 2.93. The summed E-state index contributed by atoms with van der Waals surface area (Å²) in [6.07, 6.45) is 0.775. The third-order valence-electron chi connectivity index (χ3n) is 2.73. The van der Waals surface area contributed by atoms with Gasteiger partial charge in [0.15, 0.2) is 5.78 Å². The van der Waals surface area contributed by atoms with Crippen molar-refractivity contribution in [2.45, 2.75) is 25.4 Å². The van der Waals surface area contributed by atoms with Gasteiger partial charge in [0.2, 0.25) is 11.1 Å². The molecule has 0 saturated heterocycles. The quantitative estimate of drug-likeness (QED) is 0.631. The predicted octanol–water partition coefficient (Wildman–Crippen LogP) is 2.30. The Morgan fingerprint density at radius 1 is 1.38 bits per heavy atom. The summed E-state index contributed by atoms with van der Waals surface area (Å²) in [5.41, 5.74) is 1.18. The molecule has 0 aliphatic heterocycles. The van der Waals surface area contributed by atoms with E-state index in [2.05, 4.69) is 20.5 Å². The summed E-state index contributed by atoms with van der Waals surface area (Å²) in [6, 6.07) is 6.86. The smallest absolute Gasteiger partial charge is 0.234 e. The number of aromatic nitrogens is 3. The van der Waals surface area contributed by atoms with Gasteiger partial charge in [-0.05, 0) is 19.1 Å². The Morgan fingerprint density at radius 3 is 2.86 bits per heavy atom. The number of H-pyrrole nitrogens is 1. The Kier molecular flexibility index (Phi) is 5.10. The second kappa shape index (κ2) is 7.03. The molecule has 0 bridgehead atoms. The maximum atomic E-state index is 11.9. The van der Waals surface area contributed by atoms with Crippen molar-refractivity contribution in [3.05, 3.63) is 35.7 Å². The summed E-state index contributed by atoms with van der Waals surface area (Å²) >= 11 is 1.26. The van der Waals surface area contributed by atoms with E-state index in [1.165, 1.54) is 18.7 Å². The Balaban J connectivity index is 1.89. The maximum absolute atomic E-state index is 11.9. The number of nitrogens with zero attached hydrogens (tertiary/aromatic N) is 2. The topological polar surface area (TPSA) is 87.7 Å². The first-order valence-electron chi connectivity index (χ1n) is 6.53. The van der Waals surface area contributed by atoms with E-state index in [4.69, 9.17) is 0 Å². The van der Waals surface area contributed by atoms with E-state index >= 15 is 0 Å². The number of anilines is 1. The summed E-state index contributed by atoms with van der Waals surface area (Å²) in [5, 5.41) is 10.1. The Bertz CT molecular complexity index is 654. The van der Waals surface area contributed by atoms with Gasteiger partial charge in [0.1, 0.15) is 5.82 Å². The molecular formula is C14H16N4O2S. The molecule has 7 heteroatoms. The Hall–Kier alpha value is -2.15. The summed E-state index contributed by atoms with van der Waals surface area (Å²) in [4.78, 5) is 27.4. The van der Waals surface area contributed by atoms with Gasteiger partial charge in [-0.1, -0.05) is 30.8 Å². The molecule has 0 atom stereocenters. The molecule has 110 valence electrons. The molecule has 2 rings (SSSR count). The van der Waals surface area contributed by atoms with Crippen LogP contribution >= 0.6 is 11.8 Å². The Morgan fingerprint density at radius 2 is 2.19 bits per heavy atom. The number of hydrogen-bond acceptors (Lipinski definition) is 5. The number of rotatable bonds is 6. The largest absolute Gasteiger partial charge is 0.325 e. The predicted molar refractivity (Wildman–Crippen MR) is 81.6 cm³/mol. The molecule has 2 aromatic rings. The van der Waals surface area contributed by atoms with Crippen molar-refractivity contribution in [2.24, 2.45) is 0 Å². The minimum Gasteiger partial charge on any atom is -0.325 e. The van der Waals surface area contributed by atoms with Gasteiger partial charge >= 0.3 is 0 Å². The van der Waals surface area contributed by atoms with E-state index in [1.807, 2.05) is 6.92 Å². The van der Waals surface area contributed by atoms with E-state index in [1.54, 1.807) is 24.3 Å². The van der Waals surface area contributed by atoms with E-state index in [0.717, 1.165) is 12.2 Å². The number of benzene rings is 1. The molecule has 1 aromatic carbocycles. The highest BCUT2D eigenvalue weighted by Gasteiger charge is 2.08. The van der Waals surface area contributed by atoms with Crippen molar-refractivity contribution in [3.8, 4) is 0 Å². The number of aromatic amines is 1. The lowest BCUT2D eigenvalue weighted by Gasteiger charge is -2.05. The molecular weight excluding hydrogens is 288 g/mol. The van der Waals surface area contributed by atoms with Crippen LogP contribution < -0.4 is 5.32 Å². The van der Waals surface area contributed by atoms with Crippen molar-refractivity contribution in [2.75, 3.05) is 11.1 Å². The molecule has 0 aliphatic rings. The highest BCUT2D eigenvalue weighted by atomic mass is 32.2. The number of aryl methyl sites for hydroxylation is 1. The van der Waals surface area contributed by atoms with Crippen molar-refractivity contribution >= 4 is 29.1 Å². The minimum atomic E-state index is -0.163. The molecule has 0 saturated carbocycles. The summed E-state index contributed by atoms with van der Waals surface area (Å²) in [5.74, 6) is 0.814. The fourth-order valence-corrected chi connectivity index (χ4v) is 2.26. The number of amides is 1. The number of hydrogen-bond donors (Lipinski definition) is 2. The van der Waals surface area contributed by atoms with Gasteiger partial charge in [0.05, 0.1) is 5.75 Å². The first kappa shape index (κ1) is 15.2. The second-order valence-corrected chi connectivity index (χ2v) is 5.33. The van der Waals surface area contributed by atoms with Crippen LogP contribution in [-0.4, -0.2) is 32.6 Å². The lowest BCUT2D eigenvalue weighted by Crippen LogP contribution is -2.14. The minimum absolute atomic E-state index is 0.0340. The van der Waals surface area contributed by atoms with Crippen LogP contribution in [0.15, 0.2) is 29.4 Å². The molecule has 0 spiro atoms. The summed E-state index contributed by atoms with van der Waals surface area (Å²) in [6.45, 7) is 3.47. The lowest BCUT2D eigenvalue weighted by atomic mass is 10.1. The molecule has 2 N–H and O–H groups in total. The van der Waals surface area contributed by atoms with Gasteiger partial charge in [-0.2, -0.15) is 0 Å². The van der Waals surface area contributed by atoms with Crippen LogP contribution in [0.4, 0.5) is 5.69 Å². The monoisotopic (exact) mass is 304 g/mol. The van der Waals surface area contributed by atoms with Crippen LogP contribution in [0.3, 0.4) is 0 Å². The van der Waals surface area contributed by atoms with E-state index < -0.39 is 0 Å². The maximum Gasteiger partial charge on any atom is 0.234 e. The zero-order valence-corrected chi connectivity index (χ0v) is 12.7. The van der Waals surface area contributed by atoms with Crippen molar-refractivity contribution < 1.29 is 9.59 Å². The van der Waals surface area contributed by atoms with Gasteiger partial charge < -0.3 is 5.32 Å². The van der Waals surface area contributed by atoms with Crippen molar-refractivity contribution in [1.82, 2.24) is 15.2 Å². The van der Waals surface area contributed by atoms with Crippen LogP contribution in [0.1, 0.15) is 30.0 Å². The molecule has 0 aliphatic carbocycles. The Labute approximate surface area is 126 Å². The molecule has 1 heterocycles. The number of Topliss-reactive ketones (excluding diaryl/α,β-unsaturated/α-hetero) is 1. The molecule has 1 amide bonds. The second-order valence-electron chi connectivity index (χ2n) is 4.39. The highest BCUT2D eigenvalue weighted by Crippen LogP contribution is 2.15. The van der Waals surface area contributed by atoms with Crippen LogP contribution in [0.2, 0.25) is 0 Å². The number of carbonyl (C=O) groups excluding carboxylic acids is 2. The zero-order chi connectivity index (χ0) is 15.2. The van der Waals surface area contributed by atoms with Crippen molar-refractivity contribution in [3.63, 3.8) is 0 Å². The van der Waals surface area contributed by atoms with Gasteiger partial charge in [-0.25, -0.2) is 4.98 Å². The number of thioether (sulfide) groups is 1. The SMILES string of the molecule is CCc1nc(SCC(=O)Nc2cccc(C(C)=O)c2)n[nH]1. The fraction of sp³-hybridized carbons (Fsp3) is 0.286. The molecule has 0 radical (unpaired) electrons.